The van der Waals surface area contributed by atoms with Crippen LogP contribution in [0.1, 0.15) is 17.1 Å². The normalized spacial score (nSPS) is 16.1. The Morgan fingerprint density at radius 3 is 3.25 bits per heavy atom. The lowest BCUT2D eigenvalue weighted by Crippen LogP contribution is -2.01. The minimum Gasteiger partial charge on any atom is -0.465 e. The van der Waals surface area contributed by atoms with E-state index in [4.69, 9.17) is 10.2 Å². The molecule has 1 aromatic heterocycles. The fourth-order valence-corrected chi connectivity index (χ4v) is 2.41. The molecule has 1 aliphatic heterocycles. The summed E-state index contributed by atoms with van der Waals surface area (Å²) in [4.78, 5) is 0. The van der Waals surface area contributed by atoms with Crippen LogP contribution in [0.25, 0.3) is 0 Å². The van der Waals surface area contributed by atoms with E-state index in [1.807, 2.05) is 11.8 Å². The Balaban J connectivity index is 2.20. The fraction of sp³-hybridized carbons (Fsp3) is 0.556. The fourth-order valence-electron chi connectivity index (χ4n) is 1.47. The van der Waals surface area contributed by atoms with Crippen LogP contribution in [0.5, 0.6) is 0 Å². The van der Waals surface area contributed by atoms with Gasteiger partial charge in [0.15, 0.2) is 0 Å². The molecule has 3 heteroatoms. The summed E-state index contributed by atoms with van der Waals surface area (Å²) < 4.78 is 5.65. The standard InChI is InChI=1S/C9H13NOS/c10-3-1-8-5-7-2-4-12-6-9(7)11-8/h5H,1-4,6,10H2. The monoisotopic (exact) mass is 183 g/mol. The van der Waals surface area contributed by atoms with Crippen molar-refractivity contribution in [2.24, 2.45) is 5.73 Å². The van der Waals surface area contributed by atoms with Gasteiger partial charge in [-0.25, -0.2) is 0 Å². The first-order chi connectivity index (χ1) is 5.90. The lowest BCUT2D eigenvalue weighted by Gasteiger charge is -2.07. The molecule has 0 amide bonds. The molecule has 0 fully saturated rings. The minimum atomic E-state index is 0.680. The second kappa shape index (κ2) is 3.54. The first-order valence-electron chi connectivity index (χ1n) is 4.28. The van der Waals surface area contributed by atoms with Crippen molar-refractivity contribution in [1.82, 2.24) is 0 Å². The molecule has 1 aromatic rings. The molecule has 0 unspecified atom stereocenters. The van der Waals surface area contributed by atoms with Crippen molar-refractivity contribution in [1.29, 1.82) is 0 Å². The van der Waals surface area contributed by atoms with Crippen LogP contribution in [0.3, 0.4) is 0 Å². The van der Waals surface area contributed by atoms with E-state index in [1.165, 1.54) is 17.1 Å². The van der Waals surface area contributed by atoms with Crippen molar-refractivity contribution in [2.45, 2.75) is 18.6 Å². The van der Waals surface area contributed by atoms with E-state index in [9.17, 15) is 0 Å². The minimum absolute atomic E-state index is 0.680. The number of aryl methyl sites for hydroxylation is 1. The van der Waals surface area contributed by atoms with E-state index in [0.717, 1.165) is 24.4 Å². The van der Waals surface area contributed by atoms with Gasteiger partial charge in [0, 0.05) is 6.42 Å². The molecule has 0 aliphatic carbocycles. The molecule has 0 radical (unpaired) electrons. The summed E-state index contributed by atoms with van der Waals surface area (Å²) in [6.07, 6.45) is 2.03. The zero-order valence-electron chi connectivity index (χ0n) is 7.01. The lowest BCUT2D eigenvalue weighted by atomic mass is 10.2. The van der Waals surface area contributed by atoms with E-state index >= 15 is 0 Å². The highest BCUT2D eigenvalue weighted by atomic mass is 32.2. The SMILES string of the molecule is NCCc1cc2c(o1)CSCC2. The highest BCUT2D eigenvalue weighted by Crippen LogP contribution is 2.27. The molecule has 0 atom stereocenters. The third-order valence-corrected chi connectivity index (χ3v) is 3.05. The second-order valence-electron chi connectivity index (χ2n) is 3.00. The van der Waals surface area contributed by atoms with Gasteiger partial charge in [-0.2, -0.15) is 11.8 Å². The smallest absolute Gasteiger partial charge is 0.117 e. The van der Waals surface area contributed by atoms with Gasteiger partial charge in [0.1, 0.15) is 11.5 Å². The Kier molecular flexibility index (Phi) is 2.42. The average Bonchev–Trinajstić information content (AvgIpc) is 2.47. The molecule has 12 heavy (non-hydrogen) atoms. The molecule has 2 rings (SSSR count). The van der Waals surface area contributed by atoms with Crippen LogP contribution in [0.15, 0.2) is 10.5 Å². The van der Waals surface area contributed by atoms with Gasteiger partial charge in [-0.05, 0) is 30.3 Å². The van der Waals surface area contributed by atoms with E-state index < -0.39 is 0 Å². The third-order valence-electron chi connectivity index (χ3n) is 2.09. The molecule has 2 N–H and O–H groups in total. The Bertz CT molecular complexity index is 246. The quantitative estimate of drug-likeness (QED) is 0.756. The van der Waals surface area contributed by atoms with Gasteiger partial charge >= 0.3 is 0 Å². The topological polar surface area (TPSA) is 39.2 Å². The first-order valence-corrected chi connectivity index (χ1v) is 5.44. The average molecular weight is 183 g/mol. The predicted molar refractivity (Wildman–Crippen MR) is 51.3 cm³/mol. The van der Waals surface area contributed by atoms with E-state index in [-0.39, 0.29) is 0 Å². The summed E-state index contributed by atoms with van der Waals surface area (Å²) in [5.74, 6) is 4.51. The molecular formula is C9H13NOS. The zero-order chi connectivity index (χ0) is 8.39. The molecule has 0 aromatic carbocycles. The van der Waals surface area contributed by atoms with E-state index in [2.05, 4.69) is 6.07 Å². The van der Waals surface area contributed by atoms with Crippen molar-refractivity contribution < 1.29 is 4.42 Å². The summed E-state index contributed by atoms with van der Waals surface area (Å²) in [6, 6.07) is 2.17. The second-order valence-corrected chi connectivity index (χ2v) is 4.11. The predicted octanol–water partition coefficient (Wildman–Crippen LogP) is 1.57. The van der Waals surface area contributed by atoms with Crippen LogP contribution in [-0.4, -0.2) is 12.3 Å². The van der Waals surface area contributed by atoms with Crippen molar-refractivity contribution in [3.8, 4) is 0 Å². The zero-order valence-corrected chi connectivity index (χ0v) is 7.82. The molecule has 0 bridgehead atoms. The first kappa shape index (κ1) is 8.20. The summed E-state index contributed by atoms with van der Waals surface area (Å²) in [6.45, 7) is 0.680. The van der Waals surface area contributed by atoms with Gasteiger partial charge in [-0.3, -0.25) is 0 Å². The van der Waals surface area contributed by atoms with E-state index in [0.29, 0.717) is 6.54 Å². The molecule has 0 saturated heterocycles. The molecule has 2 heterocycles. The number of hydrogen-bond acceptors (Lipinski definition) is 3. The Labute approximate surface area is 76.5 Å². The lowest BCUT2D eigenvalue weighted by molar-refractivity contribution is 0.478. The maximum Gasteiger partial charge on any atom is 0.117 e. The summed E-state index contributed by atoms with van der Waals surface area (Å²) in [5, 5.41) is 0. The number of furan rings is 1. The Hall–Kier alpha value is -0.410. The molecule has 66 valence electrons. The number of fused-ring (bicyclic) bond motifs is 1. The summed E-state index contributed by atoms with van der Waals surface area (Å²) >= 11 is 1.94. The summed E-state index contributed by atoms with van der Waals surface area (Å²) in [7, 11) is 0. The number of thioether (sulfide) groups is 1. The van der Waals surface area contributed by atoms with Crippen molar-refractivity contribution in [2.75, 3.05) is 12.3 Å². The van der Waals surface area contributed by atoms with Crippen molar-refractivity contribution in [3.05, 3.63) is 23.2 Å². The van der Waals surface area contributed by atoms with Gasteiger partial charge in [0.2, 0.25) is 0 Å². The van der Waals surface area contributed by atoms with Gasteiger partial charge in [-0.15, -0.1) is 0 Å². The molecule has 1 aliphatic rings. The Morgan fingerprint density at radius 2 is 2.50 bits per heavy atom. The maximum atomic E-state index is 5.65. The maximum absolute atomic E-state index is 5.65. The molecule has 2 nitrogen and oxygen atoms in total. The summed E-state index contributed by atoms with van der Waals surface area (Å²) in [5.41, 5.74) is 6.85. The van der Waals surface area contributed by atoms with Crippen LogP contribution >= 0.6 is 11.8 Å². The van der Waals surface area contributed by atoms with Crippen LogP contribution in [-0.2, 0) is 18.6 Å². The van der Waals surface area contributed by atoms with Crippen LogP contribution < -0.4 is 5.73 Å². The van der Waals surface area contributed by atoms with Crippen LogP contribution in [0.4, 0.5) is 0 Å². The Morgan fingerprint density at radius 1 is 1.58 bits per heavy atom. The van der Waals surface area contributed by atoms with E-state index in [1.54, 1.807) is 0 Å². The number of nitrogens with two attached hydrogens (primary N) is 1. The van der Waals surface area contributed by atoms with Crippen molar-refractivity contribution in [3.63, 3.8) is 0 Å². The van der Waals surface area contributed by atoms with Gasteiger partial charge in [-0.1, -0.05) is 0 Å². The molecule has 0 saturated carbocycles. The molecule has 0 spiro atoms. The highest BCUT2D eigenvalue weighted by molar-refractivity contribution is 7.98. The number of hydrogen-bond donors (Lipinski definition) is 1. The van der Waals surface area contributed by atoms with Gasteiger partial charge in [0.05, 0.1) is 5.75 Å². The van der Waals surface area contributed by atoms with Crippen LogP contribution in [0.2, 0.25) is 0 Å². The van der Waals surface area contributed by atoms with Crippen LogP contribution in [0, 0.1) is 0 Å². The third kappa shape index (κ3) is 1.52. The van der Waals surface area contributed by atoms with Crippen molar-refractivity contribution >= 4 is 11.8 Å². The molecular weight excluding hydrogens is 170 g/mol. The van der Waals surface area contributed by atoms with Gasteiger partial charge in [0.25, 0.3) is 0 Å². The van der Waals surface area contributed by atoms with Gasteiger partial charge < -0.3 is 10.2 Å². The highest BCUT2D eigenvalue weighted by Gasteiger charge is 2.14. The largest absolute Gasteiger partial charge is 0.465 e. The number of rotatable bonds is 2.